The maximum Gasteiger partial charge on any atom is 0.320 e. The predicted octanol–water partition coefficient (Wildman–Crippen LogP) is 5.01. The van der Waals surface area contributed by atoms with Crippen molar-refractivity contribution in [1.82, 2.24) is 0 Å². The molecule has 160 valence electrons. The third-order valence-corrected chi connectivity index (χ3v) is 4.92. The van der Waals surface area contributed by atoms with Crippen molar-refractivity contribution in [3.63, 3.8) is 0 Å². The number of phenols is 1. The molecule has 0 aromatic heterocycles. The first-order valence-electron chi connectivity index (χ1n) is 10.3. The molecule has 3 aromatic carbocycles. The van der Waals surface area contributed by atoms with Gasteiger partial charge in [0.05, 0.1) is 13.2 Å². The molecule has 0 aliphatic carbocycles. The van der Waals surface area contributed by atoms with Gasteiger partial charge in [-0.3, -0.25) is 9.59 Å². The summed E-state index contributed by atoms with van der Waals surface area (Å²) in [6.07, 6.45) is 0.109. The number of phenolic OH excluding ortho intramolecular Hbond substituents is 1. The molecule has 0 radical (unpaired) electrons. The van der Waals surface area contributed by atoms with Gasteiger partial charge in [-0.05, 0) is 49.1 Å². The van der Waals surface area contributed by atoms with Crippen LogP contribution in [-0.2, 0) is 25.5 Å². The minimum absolute atomic E-state index is 0.109. The zero-order valence-electron chi connectivity index (χ0n) is 17.7. The molecule has 0 aliphatic heterocycles. The van der Waals surface area contributed by atoms with Crippen molar-refractivity contribution in [1.29, 1.82) is 0 Å². The number of esters is 2. The zero-order valence-corrected chi connectivity index (χ0v) is 17.7. The molecule has 5 nitrogen and oxygen atoms in total. The Bertz CT molecular complexity index is 950. The van der Waals surface area contributed by atoms with E-state index >= 15 is 0 Å². The topological polar surface area (TPSA) is 72.8 Å². The second-order valence-corrected chi connectivity index (χ2v) is 7.03. The van der Waals surface area contributed by atoms with Crippen LogP contribution < -0.4 is 0 Å². The number of hydrogen-bond donors (Lipinski definition) is 1. The molecule has 0 unspecified atom stereocenters. The molecule has 0 atom stereocenters. The van der Waals surface area contributed by atoms with Gasteiger partial charge >= 0.3 is 11.9 Å². The van der Waals surface area contributed by atoms with Gasteiger partial charge in [-0.1, -0.05) is 60.7 Å². The summed E-state index contributed by atoms with van der Waals surface area (Å²) in [7, 11) is 0. The van der Waals surface area contributed by atoms with Gasteiger partial charge in [0.2, 0.25) is 0 Å². The van der Waals surface area contributed by atoms with Gasteiger partial charge in [-0.15, -0.1) is 0 Å². The lowest BCUT2D eigenvalue weighted by Crippen LogP contribution is -2.30. The molecule has 0 saturated heterocycles. The first kappa shape index (κ1) is 22.1. The lowest BCUT2D eigenvalue weighted by Gasteiger charge is -2.17. The highest BCUT2D eigenvalue weighted by Crippen LogP contribution is 2.39. The van der Waals surface area contributed by atoms with Crippen LogP contribution in [0.15, 0.2) is 72.8 Å². The largest absolute Gasteiger partial charge is 0.507 e. The molecular formula is C26H26O5. The SMILES string of the molecule is CCOC(=O)C(Cc1cc(-c2ccccc2)c(O)c(-c2ccccc2)c1)C(=O)OCC. The maximum atomic E-state index is 12.5. The van der Waals surface area contributed by atoms with Crippen LogP contribution in [0.4, 0.5) is 0 Å². The number of rotatable bonds is 8. The Labute approximate surface area is 182 Å². The molecule has 5 heteroatoms. The van der Waals surface area contributed by atoms with Crippen LogP contribution in [0.2, 0.25) is 0 Å². The van der Waals surface area contributed by atoms with E-state index in [1.165, 1.54) is 0 Å². The molecule has 31 heavy (non-hydrogen) atoms. The van der Waals surface area contributed by atoms with Crippen LogP contribution >= 0.6 is 0 Å². The van der Waals surface area contributed by atoms with Crippen LogP contribution in [0.3, 0.4) is 0 Å². The molecule has 0 fully saturated rings. The first-order chi connectivity index (χ1) is 15.0. The lowest BCUT2D eigenvalue weighted by molar-refractivity contribution is -0.161. The van der Waals surface area contributed by atoms with Gasteiger partial charge in [0.1, 0.15) is 5.75 Å². The maximum absolute atomic E-state index is 12.5. The van der Waals surface area contributed by atoms with E-state index in [0.717, 1.165) is 16.7 Å². The fourth-order valence-electron chi connectivity index (χ4n) is 3.47. The van der Waals surface area contributed by atoms with E-state index < -0.39 is 17.9 Å². The molecule has 0 heterocycles. The van der Waals surface area contributed by atoms with Crippen molar-refractivity contribution in [2.24, 2.45) is 5.92 Å². The summed E-state index contributed by atoms with van der Waals surface area (Å²) in [6.45, 7) is 3.74. The van der Waals surface area contributed by atoms with Crippen LogP contribution in [0, 0.1) is 5.92 Å². The highest BCUT2D eigenvalue weighted by molar-refractivity contribution is 5.95. The highest BCUT2D eigenvalue weighted by Gasteiger charge is 2.30. The van der Waals surface area contributed by atoms with Crippen molar-refractivity contribution in [2.75, 3.05) is 13.2 Å². The normalized spacial score (nSPS) is 10.7. The first-order valence-corrected chi connectivity index (χ1v) is 10.3. The van der Waals surface area contributed by atoms with Gasteiger partial charge in [0.15, 0.2) is 5.92 Å². The van der Waals surface area contributed by atoms with E-state index in [-0.39, 0.29) is 25.4 Å². The van der Waals surface area contributed by atoms with Crippen molar-refractivity contribution in [3.8, 4) is 28.0 Å². The monoisotopic (exact) mass is 418 g/mol. The van der Waals surface area contributed by atoms with E-state index in [2.05, 4.69) is 0 Å². The molecule has 0 saturated carbocycles. The summed E-state index contributed by atoms with van der Waals surface area (Å²) in [6, 6.07) is 22.6. The Morgan fingerprint density at radius 2 is 1.19 bits per heavy atom. The number of benzene rings is 3. The second kappa shape index (κ2) is 10.4. The van der Waals surface area contributed by atoms with Crippen molar-refractivity contribution < 1.29 is 24.2 Å². The molecule has 3 rings (SSSR count). The van der Waals surface area contributed by atoms with Crippen LogP contribution in [0.1, 0.15) is 19.4 Å². The van der Waals surface area contributed by atoms with Gasteiger partial charge < -0.3 is 14.6 Å². The number of aromatic hydroxyl groups is 1. The zero-order chi connectivity index (χ0) is 22.2. The quantitative estimate of drug-likeness (QED) is 0.411. The number of carbonyl (C=O) groups excluding carboxylic acids is 2. The van der Waals surface area contributed by atoms with E-state index in [1.54, 1.807) is 13.8 Å². The number of carbonyl (C=O) groups is 2. The van der Waals surface area contributed by atoms with Crippen molar-refractivity contribution in [2.45, 2.75) is 20.3 Å². The van der Waals surface area contributed by atoms with E-state index in [0.29, 0.717) is 11.1 Å². The molecule has 1 N–H and O–H groups in total. The summed E-state index contributed by atoms with van der Waals surface area (Å²) < 4.78 is 10.2. The van der Waals surface area contributed by atoms with Gasteiger partial charge in [-0.2, -0.15) is 0 Å². The minimum Gasteiger partial charge on any atom is -0.507 e. The summed E-state index contributed by atoms with van der Waals surface area (Å²) >= 11 is 0. The van der Waals surface area contributed by atoms with Crippen LogP contribution in [0.25, 0.3) is 22.3 Å². The Hall–Kier alpha value is -3.60. The Kier molecular flexibility index (Phi) is 7.44. The third-order valence-electron chi connectivity index (χ3n) is 4.92. The van der Waals surface area contributed by atoms with Crippen molar-refractivity contribution in [3.05, 3.63) is 78.4 Å². The van der Waals surface area contributed by atoms with Gasteiger partial charge in [-0.25, -0.2) is 0 Å². The second-order valence-electron chi connectivity index (χ2n) is 7.03. The van der Waals surface area contributed by atoms with Crippen LogP contribution in [0.5, 0.6) is 5.75 Å². The summed E-state index contributed by atoms with van der Waals surface area (Å²) in [5, 5.41) is 11.1. The van der Waals surface area contributed by atoms with E-state index in [9.17, 15) is 14.7 Å². The summed E-state index contributed by atoms with van der Waals surface area (Å²) in [4.78, 5) is 24.9. The number of hydrogen-bond acceptors (Lipinski definition) is 5. The lowest BCUT2D eigenvalue weighted by atomic mass is 9.90. The predicted molar refractivity (Wildman–Crippen MR) is 119 cm³/mol. The minimum atomic E-state index is -1.07. The average molecular weight is 418 g/mol. The molecule has 3 aromatic rings. The Morgan fingerprint density at radius 3 is 1.58 bits per heavy atom. The van der Waals surface area contributed by atoms with E-state index in [4.69, 9.17) is 9.47 Å². The van der Waals surface area contributed by atoms with Crippen molar-refractivity contribution >= 4 is 11.9 Å². The highest BCUT2D eigenvalue weighted by atomic mass is 16.6. The molecule has 0 aliphatic rings. The molecular weight excluding hydrogens is 392 g/mol. The Morgan fingerprint density at radius 1 is 0.774 bits per heavy atom. The average Bonchev–Trinajstić information content (AvgIpc) is 2.79. The summed E-state index contributed by atoms with van der Waals surface area (Å²) in [5.41, 5.74) is 3.65. The third kappa shape index (κ3) is 5.31. The fraction of sp³-hybridized carbons (Fsp3) is 0.231. The van der Waals surface area contributed by atoms with E-state index in [1.807, 2.05) is 72.8 Å². The van der Waals surface area contributed by atoms with Gasteiger partial charge in [0.25, 0.3) is 0 Å². The molecule has 0 bridgehead atoms. The summed E-state index contributed by atoms with van der Waals surface area (Å²) in [5.74, 6) is -2.16. The fourth-order valence-corrected chi connectivity index (χ4v) is 3.47. The molecule has 0 amide bonds. The van der Waals surface area contributed by atoms with Gasteiger partial charge in [0, 0.05) is 11.1 Å². The Balaban J connectivity index is 2.10. The van der Waals surface area contributed by atoms with Crippen LogP contribution in [-0.4, -0.2) is 30.3 Å². The number of ether oxygens (including phenoxy) is 2. The molecule has 0 spiro atoms. The smallest absolute Gasteiger partial charge is 0.320 e. The standard InChI is InChI=1S/C26H26O5/c1-3-30-25(28)23(26(29)31-4-2)17-18-15-21(19-11-7-5-8-12-19)24(27)22(16-18)20-13-9-6-10-14-20/h5-16,23,27H,3-4,17H2,1-2H3.